The first-order valence-electron chi connectivity index (χ1n) is 8.80. The molecule has 0 fully saturated rings. The van der Waals surface area contributed by atoms with E-state index in [9.17, 15) is 18.3 Å². The van der Waals surface area contributed by atoms with Crippen LogP contribution in [0.25, 0.3) is 0 Å². The minimum Gasteiger partial charge on any atom is -0.382 e. The summed E-state index contributed by atoms with van der Waals surface area (Å²) in [7, 11) is 0. The Labute approximate surface area is 166 Å². The Morgan fingerprint density at radius 2 is 1.93 bits per heavy atom. The molecule has 1 atom stereocenters. The summed E-state index contributed by atoms with van der Waals surface area (Å²) >= 11 is 0. The van der Waals surface area contributed by atoms with Gasteiger partial charge in [0, 0.05) is 24.7 Å². The third-order valence-corrected chi connectivity index (χ3v) is 4.42. The average Bonchev–Trinajstić information content (AvgIpc) is 3.14. The molecule has 1 unspecified atom stereocenters. The highest BCUT2D eigenvalue weighted by Gasteiger charge is 2.35. The molecule has 1 N–H and O–H groups in total. The molecule has 5 nitrogen and oxygen atoms in total. The van der Waals surface area contributed by atoms with E-state index in [1.165, 1.54) is 35.5 Å². The number of terminal acetylenes is 1. The lowest BCUT2D eigenvalue weighted by molar-refractivity contribution is -0.0205. The molecule has 0 aliphatic carbocycles. The van der Waals surface area contributed by atoms with Gasteiger partial charge in [0.1, 0.15) is 35.7 Å². The van der Waals surface area contributed by atoms with Gasteiger partial charge in [-0.15, -0.1) is 6.42 Å². The molecule has 0 bridgehead atoms. The lowest BCUT2D eigenvalue weighted by Crippen LogP contribution is -2.44. The zero-order valence-electron chi connectivity index (χ0n) is 15.5. The van der Waals surface area contributed by atoms with Crippen LogP contribution in [0.3, 0.4) is 0 Å². The third-order valence-electron chi connectivity index (χ3n) is 4.42. The van der Waals surface area contributed by atoms with Gasteiger partial charge in [-0.1, -0.05) is 24.1 Å². The molecule has 3 rings (SSSR count). The number of aromatic nitrogens is 3. The summed E-state index contributed by atoms with van der Waals surface area (Å²) in [5, 5.41) is 15.4. The smallest absolute Gasteiger partial charge is 0.137 e. The average molecular weight is 400 g/mol. The molecule has 1 aromatic heterocycles. The second kappa shape index (κ2) is 8.90. The SMILES string of the molecule is C#CCN(Cc1cccc(F)c1)CC(O)(Cn1cncn1)c1ccc(F)cc1F. The molecule has 0 amide bonds. The van der Waals surface area contributed by atoms with Gasteiger partial charge >= 0.3 is 0 Å². The standard InChI is InChI=1S/C21H19F3N4O/c1-2-8-27(11-16-4-3-5-17(22)9-16)12-21(29,13-28-15-25-14-26-28)19-7-6-18(23)10-20(19)24/h1,3-7,9-10,14-15,29H,8,11-13H2. The topological polar surface area (TPSA) is 54.2 Å². The van der Waals surface area contributed by atoms with Crippen molar-refractivity contribution in [1.29, 1.82) is 0 Å². The number of halogens is 3. The number of hydrogen-bond donors (Lipinski definition) is 1. The molecule has 3 aromatic rings. The highest BCUT2D eigenvalue weighted by atomic mass is 19.1. The number of aliphatic hydroxyl groups is 1. The van der Waals surface area contributed by atoms with Gasteiger partial charge in [-0.25, -0.2) is 22.8 Å². The number of benzene rings is 2. The summed E-state index contributed by atoms with van der Waals surface area (Å²) in [6, 6.07) is 8.95. The van der Waals surface area contributed by atoms with Crippen molar-refractivity contribution in [3.8, 4) is 12.3 Å². The van der Waals surface area contributed by atoms with Crippen molar-refractivity contribution in [3.63, 3.8) is 0 Å². The van der Waals surface area contributed by atoms with Crippen LogP contribution in [-0.4, -0.2) is 37.9 Å². The minimum atomic E-state index is -1.80. The van der Waals surface area contributed by atoms with E-state index in [0.717, 1.165) is 6.07 Å². The Morgan fingerprint density at radius 3 is 2.59 bits per heavy atom. The molecule has 0 radical (unpaired) electrons. The maximum atomic E-state index is 14.5. The fourth-order valence-electron chi connectivity index (χ4n) is 3.23. The molecule has 0 saturated heterocycles. The maximum absolute atomic E-state index is 14.5. The predicted molar refractivity (Wildman–Crippen MR) is 101 cm³/mol. The van der Waals surface area contributed by atoms with Crippen molar-refractivity contribution in [2.45, 2.75) is 18.7 Å². The number of nitrogens with zero attached hydrogens (tertiary/aromatic N) is 4. The van der Waals surface area contributed by atoms with Crippen LogP contribution in [0.1, 0.15) is 11.1 Å². The zero-order chi connectivity index (χ0) is 20.9. The van der Waals surface area contributed by atoms with Gasteiger partial charge in [-0.3, -0.25) is 4.90 Å². The van der Waals surface area contributed by atoms with E-state index in [2.05, 4.69) is 16.0 Å². The van der Waals surface area contributed by atoms with Crippen molar-refractivity contribution >= 4 is 0 Å². The van der Waals surface area contributed by atoms with Crippen LogP contribution in [0, 0.1) is 29.8 Å². The number of hydrogen-bond acceptors (Lipinski definition) is 4. The fourth-order valence-corrected chi connectivity index (χ4v) is 3.23. The monoisotopic (exact) mass is 400 g/mol. The van der Waals surface area contributed by atoms with Crippen molar-refractivity contribution in [2.24, 2.45) is 0 Å². The summed E-state index contributed by atoms with van der Waals surface area (Å²) in [5.41, 5.74) is -1.26. The van der Waals surface area contributed by atoms with E-state index in [1.807, 2.05) is 0 Å². The van der Waals surface area contributed by atoms with Gasteiger partial charge < -0.3 is 5.11 Å². The van der Waals surface area contributed by atoms with E-state index in [-0.39, 0.29) is 31.7 Å². The second-order valence-corrected chi connectivity index (χ2v) is 6.73. The Kier molecular flexibility index (Phi) is 6.32. The maximum Gasteiger partial charge on any atom is 0.137 e. The van der Waals surface area contributed by atoms with Crippen molar-refractivity contribution in [1.82, 2.24) is 19.7 Å². The highest BCUT2D eigenvalue weighted by molar-refractivity contribution is 5.26. The largest absolute Gasteiger partial charge is 0.382 e. The Hall–Kier alpha value is -3.15. The molecule has 0 aliphatic heterocycles. The minimum absolute atomic E-state index is 0.101. The van der Waals surface area contributed by atoms with Gasteiger partial charge in [-0.2, -0.15) is 5.10 Å². The van der Waals surface area contributed by atoms with Crippen LogP contribution in [0.2, 0.25) is 0 Å². The molecule has 150 valence electrons. The van der Waals surface area contributed by atoms with Crippen LogP contribution < -0.4 is 0 Å². The summed E-state index contributed by atoms with van der Waals surface area (Å²) < 4.78 is 42.8. The van der Waals surface area contributed by atoms with Crippen LogP contribution in [0.15, 0.2) is 55.1 Å². The molecule has 2 aromatic carbocycles. The summed E-state index contributed by atoms with van der Waals surface area (Å²) in [6.45, 7) is 0.110. The molecule has 0 aliphatic rings. The molecule has 29 heavy (non-hydrogen) atoms. The van der Waals surface area contributed by atoms with E-state index >= 15 is 0 Å². The number of rotatable bonds is 8. The molecular formula is C21H19F3N4O. The Balaban J connectivity index is 1.94. The van der Waals surface area contributed by atoms with E-state index in [0.29, 0.717) is 11.6 Å². The molecule has 1 heterocycles. The molecule has 0 spiro atoms. The molecule has 8 heteroatoms. The zero-order valence-corrected chi connectivity index (χ0v) is 15.5. The van der Waals surface area contributed by atoms with Gasteiger partial charge in [0.25, 0.3) is 0 Å². The van der Waals surface area contributed by atoms with Gasteiger partial charge in [0.05, 0.1) is 13.1 Å². The van der Waals surface area contributed by atoms with Crippen LogP contribution >= 0.6 is 0 Å². The van der Waals surface area contributed by atoms with Crippen molar-refractivity contribution in [2.75, 3.05) is 13.1 Å². The fraction of sp³-hybridized carbons (Fsp3) is 0.238. The lowest BCUT2D eigenvalue weighted by Gasteiger charge is -2.34. The molecule has 0 saturated carbocycles. The molecular weight excluding hydrogens is 381 g/mol. The van der Waals surface area contributed by atoms with E-state index in [4.69, 9.17) is 6.42 Å². The quantitative estimate of drug-likeness (QED) is 0.591. The summed E-state index contributed by atoms with van der Waals surface area (Å²) in [4.78, 5) is 5.50. The first kappa shape index (κ1) is 20.6. The van der Waals surface area contributed by atoms with Crippen molar-refractivity contribution in [3.05, 3.63) is 83.7 Å². The lowest BCUT2D eigenvalue weighted by atomic mass is 9.92. The summed E-state index contributed by atoms with van der Waals surface area (Å²) in [5.74, 6) is 0.449. The highest BCUT2D eigenvalue weighted by Crippen LogP contribution is 2.28. The predicted octanol–water partition coefficient (Wildman–Crippen LogP) is 2.72. The third kappa shape index (κ3) is 5.22. The first-order valence-corrected chi connectivity index (χ1v) is 8.80. The first-order chi connectivity index (χ1) is 13.9. The van der Waals surface area contributed by atoms with Crippen LogP contribution in [-0.2, 0) is 18.7 Å². The van der Waals surface area contributed by atoms with Crippen molar-refractivity contribution < 1.29 is 18.3 Å². The van der Waals surface area contributed by atoms with Crippen LogP contribution in [0.5, 0.6) is 0 Å². The van der Waals surface area contributed by atoms with Gasteiger partial charge in [0.15, 0.2) is 0 Å². The van der Waals surface area contributed by atoms with E-state index < -0.39 is 23.1 Å². The van der Waals surface area contributed by atoms with Crippen LogP contribution in [0.4, 0.5) is 13.2 Å². The van der Waals surface area contributed by atoms with Gasteiger partial charge in [-0.05, 0) is 23.8 Å². The Bertz CT molecular complexity index is 1000. The normalized spacial score (nSPS) is 13.2. The second-order valence-electron chi connectivity index (χ2n) is 6.73. The van der Waals surface area contributed by atoms with E-state index in [1.54, 1.807) is 17.0 Å². The van der Waals surface area contributed by atoms with Gasteiger partial charge in [0.2, 0.25) is 0 Å². The summed E-state index contributed by atoms with van der Waals surface area (Å²) in [6.07, 6.45) is 8.12. The Morgan fingerprint density at radius 1 is 1.14 bits per heavy atom.